The number of nitrogens with one attached hydrogen (secondary N) is 1. The molecule has 4 heteroatoms. The van der Waals surface area contributed by atoms with Crippen LogP contribution in [0.15, 0.2) is 54.6 Å². The number of carbonyl (C=O) groups excluding carboxylic acids is 1. The predicted molar refractivity (Wildman–Crippen MR) is 87.3 cm³/mol. The summed E-state index contributed by atoms with van der Waals surface area (Å²) in [6.07, 6.45) is 2.36. The molecule has 1 fully saturated rings. The molecular weight excluding hydrogens is 276 g/mol. The van der Waals surface area contributed by atoms with Crippen molar-refractivity contribution >= 4 is 11.6 Å². The van der Waals surface area contributed by atoms with E-state index >= 15 is 0 Å². The van der Waals surface area contributed by atoms with Gasteiger partial charge < -0.3 is 10.1 Å². The van der Waals surface area contributed by atoms with Crippen LogP contribution in [-0.2, 0) is 4.79 Å². The van der Waals surface area contributed by atoms with Crippen molar-refractivity contribution in [2.45, 2.75) is 12.8 Å². The van der Waals surface area contributed by atoms with Crippen LogP contribution in [0.4, 0.5) is 5.69 Å². The molecule has 0 radical (unpaired) electrons. The van der Waals surface area contributed by atoms with Gasteiger partial charge in [0, 0.05) is 0 Å². The van der Waals surface area contributed by atoms with Gasteiger partial charge in [-0.1, -0.05) is 30.3 Å². The lowest BCUT2D eigenvalue weighted by Crippen LogP contribution is -2.30. The van der Waals surface area contributed by atoms with E-state index in [1.165, 1.54) is 12.8 Å². The minimum atomic E-state index is 0.00557. The van der Waals surface area contributed by atoms with E-state index in [1.807, 2.05) is 54.6 Å². The van der Waals surface area contributed by atoms with Crippen molar-refractivity contribution in [3.8, 4) is 11.5 Å². The molecule has 0 unspecified atom stereocenters. The Morgan fingerprint density at radius 2 is 1.68 bits per heavy atom. The van der Waals surface area contributed by atoms with E-state index < -0.39 is 0 Å². The first-order chi connectivity index (χ1) is 10.8. The molecule has 4 nitrogen and oxygen atoms in total. The number of ether oxygens (including phenoxy) is 1. The molecule has 1 aliphatic heterocycles. The SMILES string of the molecule is O=C(CN1CCCC1)Nc1ccccc1Oc1ccccc1. The molecule has 0 atom stereocenters. The van der Waals surface area contributed by atoms with Gasteiger partial charge in [-0.15, -0.1) is 0 Å². The van der Waals surface area contributed by atoms with Crippen molar-refractivity contribution in [1.29, 1.82) is 0 Å². The van der Waals surface area contributed by atoms with Crippen LogP contribution in [0.3, 0.4) is 0 Å². The second kappa shape index (κ2) is 7.09. The van der Waals surface area contributed by atoms with Gasteiger partial charge >= 0.3 is 0 Å². The van der Waals surface area contributed by atoms with Crippen LogP contribution in [0.2, 0.25) is 0 Å². The lowest BCUT2D eigenvalue weighted by molar-refractivity contribution is -0.117. The molecule has 1 saturated heterocycles. The number of anilines is 1. The molecule has 0 aromatic heterocycles. The number of hydrogen-bond donors (Lipinski definition) is 1. The van der Waals surface area contributed by atoms with Crippen LogP contribution < -0.4 is 10.1 Å². The number of carbonyl (C=O) groups is 1. The van der Waals surface area contributed by atoms with Crippen molar-refractivity contribution in [2.75, 3.05) is 25.0 Å². The minimum Gasteiger partial charge on any atom is -0.455 e. The average Bonchev–Trinajstić information content (AvgIpc) is 3.03. The number of para-hydroxylation sites is 3. The van der Waals surface area contributed by atoms with Gasteiger partial charge in [0.2, 0.25) is 5.91 Å². The molecule has 1 N–H and O–H groups in total. The summed E-state index contributed by atoms with van der Waals surface area (Å²) in [5, 5.41) is 2.95. The maximum atomic E-state index is 12.2. The van der Waals surface area contributed by atoms with Crippen molar-refractivity contribution in [3.05, 3.63) is 54.6 Å². The molecule has 0 aliphatic carbocycles. The number of amides is 1. The lowest BCUT2D eigenvalue weighted by atomic mass is 10.2. The van der Waals surface area contributed by atoms with E-state index in [1.54, 1.807) is 0 Å². The first kappa shape index (κ1) is 14.6. The highest BCUT2D eigenvalue weighted by Crippen LogP contribution is 2.29. The Morgan fingerprint density at radius 3 is 2.45 bits per heavy atom. The summed E-state index contributed by atoms with van der Waals surface area (Å²) >= 11 is 0. The fourth-order valence-electron chi connectivity index (χ4n) is 2.61. The van der Waals surface area contributed by atoms with E-state index in [-0.39, 0.29) is 5.91 Å². The molecule has 0 bridgehead atoms. The highest BCUT2D eigenvalue weighted by atomic mass is 16.5. The Labute approximate surface area is 130 Å². The van der Waals surface area contributed by atoms with Crippen molar-refractivity contribution < 1.29 is 9.53 Å². The Balaban J connectivity index is 1.66. The molecule has 1 aliphatic rings. The maximum absolute atomic E-state index is 12.2. The summed E-state index contributed by atoms with van der Waals surface area (Å²) in [6, 6.07) is 17.1. The smallest absolute Gasteiger partial charge is 0.238 e. The summed E-state index contributed by atoms with van der Waals surface area (Å²) < 4.78 is 5.85. The third-order valence-electron chi connectivity index (χ3n) is 3.70. The van der Waals surface area contributed by atoms with Gasteiger partial charge in [0.15, 0.2) is 5.75 Å². The van der Waals surface area contributed by atoms with Gasteiger partial charge in [0.05, 0.1) is 12.2 Å². The van der Waals surface area contributed by atoms with E-state index in [4.69, 9.17) is 4.74 Å². The Morgan fingerprint density at radius 1 is 1.00 bits per heavy atom. The zero-order chi connectivity index (χ0) is 15.2. The molecule has 114 valence electrons. The number of nitrogens with zero attached hydrogens (tertiary/aromatic N) is 1. The Hall–Kier alpha value is -2.33. The van der Waals surface area contributed by atoms with Gasteiger partial charge in [-0.05, 0) is 50.2 Å². The first-order valence-corrected chi connectivity index (χ1v) is 7.65. The number of hydrogen-bond acceptors (Lipinski definition) is 3. The van der Waals surface area contributed by atoms with Gasteiger partial charge in [0.25, 0.3) is 0 Å². The maximum Gasteiger partial charge on any atom is 0.238 e. The van der Waals surface area contributed by atoms with Gasteiger partial charge in [-0.2, -0.15) is 0 Å². The zero-order valence-electron chi connectivity index (χ0n) is 12.5. The summed E-state index contributed by atoms with van der Waals surface area (Å²) in [4.78, 5) is 14.3. The van der Waals surface area contributed by atoms with Gasteiger partial charge in [-0.3, -0.25) is 9.69 Å². The minimum absolute atomic E-state index is 0.00557. The molecule has 3 rings (SSSR count). The second-order valence-corrected chi connectivity index (χ2v) is 5.44. The second-order valence-electron chi connectivity index (χ2n) is 5.44. The lowest BCUT2D eigenvalue weighted by Gasteiger charge is -2.16. The van der Waals surface area contributed by atoms with E-state index in [0.717, 1.165) is 18.8 Å². The summed E-state index contributed by atoms with van der Waals surface area (Å²) in [7, 11) is 0. The van der Waals surface area contributed by atoms with E-state index in [9.17, 15) is 4.79 Å². The average molecular weight is 296 g/mol. The third kappa shape index (κ3) is 3.86. The van der Waals surface area contributed by atoms with Crippen molar-refractivity contribution in [3.63, 3.8) is 0 Å². The third-order valence-corrected chi connectivity index (χ3v) is 3.70. The van der Waals surface area contributed by atoms with Crippen LogP contribution in [-0.4, -0.2) is 30.4 Å². The van der Waals surface area contributed by atoms with Crippen LogP contribution in [0.25, 0.3) is 0 Å². The fraction of sp³-hybridized carbons (Fsp3) is 0.278. The number of rotatable bonds is 5. The topological polar surface area (TPSA) is 41.6 Å². The molecule has 2 aromatic rings. The van der Waals surface area contributed by atoms with Gasteiger partial charge in [0.1, 0.15) is 5.75 Å². The zero-order valence-corrected chi connectivity index (χ0v) is 12.5. The van der Waals surface area contributed by atoms with Crippen LogP contribution in [0, 0.1) is 0 Å². The highest BCUT2D eigenvalue weighted by molar-refractivity contribution is 5.93. The van der Waals surface area contributed by atoms with E-state index in [2.05, 4.69) is 10.2 Å². The monoisotopic (exact) mass is 296 g/mol. The molecule has 2 aromatic carbocycles. The van der Waals surface area contributed by atoms with Crippen molar-refractivity contribution in [1.82, 2.24) is 4.90 Å². The summed E-state index contributed by atoms with van der Waals surface area (Å²) in [5.41, 5.74) is 0.704. The molecule has 22 heavy (non-hydrogen) atoms. The predicted octanol–water partition coefficient (Wildman–Crippen LogP) is 3.51. The standard InChI is InChI=1S/C18H20N2O2/c21-18(14-20-12-6-7-13-20)19-16-10-4-5-11-17(16)22-15-8-2-1-3-9-15/h1-5,8-11H,6-7,12-14H2,(H,19,21). The fourth-order valence-corrected chi connectivity index (χ4v) is 2.61. The summed E-state index contributed by atoms with van der Waals surface area (Å²) in [5.74, 6) is 1.42. The van der Waals surface area contributed by atoms with E-state index in [0.29, 0.717) is 18.0 Å². The van der Waals surface area contributed by atoms with Crippen molar-refractivity contribution in [2.24, 2.45) is 0 Å². The molecule has 0 spiro atoms. The molecule has 1 heterocycles. The first-order valence-electron chi connectivity index (χ1n) is 7.65. The largest absolute Gasteiger partial charge is 0.455 e. The highest BCUT2D eigenvalue weighted by Gasteiger charge is 2.16. The van der Waals surface area contributed by atoms with Crippen LogP contribution in [0.1, 0.15) is 12.8 Å². The van der Waals surface area contributed by atoms with Crippen LogP contribution in [0.5, 0.6) is 11.5 Å². The quantitative estimate of drug-likeness (QED) is 0.918. The Kier molecular flexibility index (Phi) is 4.71. The van der Waals surface area contributed by atoms with Gasteiger partial charge in [-0.25, -0.2) is 0 Å². The normalized spacial score (nSPS) is 14.7. The summed E-state index contributed by atoms with van der Waals surface area (Å²) in [6.45, 7) is 2.46. The Bertz CT molecular complexity index is 622. The molecule has 1 amide bonds. The molecule has 0 saturated carbocycles. The number of benzene rings is 2. The number of likely N-dealkylation sites (tertiary alicyclic amines) is 1. The molecular formula is C18H20N2O2. The van der Waals surface area contributed by atoms with Crippen LogP contribution >= 0.6 is 0 Å².